The summed E-state index contributed by atoms with van der Waals surface area (Å²) in [5.41, 5.74) is 2.35. The van der Waals surface area contributed by atoms with Gasteiger partial charge in [0.15, 0.2) is 0 Å². The zero-order chi connectivity index (χ0) is 16.1. The monoisotopic (exact) mass is 306 g/mol. The minimum atomic E-state index is -0.0500. The topological polar surface area (TPSA) is 50.8 Å². The van der Waals surface area contributed by atoms with E-state index < -0.39 is 0 Å². The number of hydrogen-bond donors (Lipinski definition) is 1. The Bertz CT molecular complexity index is 488. The molecule has 1 aromatic carbocycles. The summed E-state index contributed by atoms with van der Waals surface area (Å²) in [5.74, 6) is 0.848. The zero-order valence-corrected chi connectivity index (χ0v) is 13.9. The molecule has 0 saturated carbocycles. The molecule has 1 N–H and O–H groups in total. The lowest BCUT2D eigenvalue weighted by Gasteiger charge is -2.35. The lowest BCUT2D eigenvalue weighted by atomic mass is 10.1. The van der Waals surface area contributed by atoms with Gasteiger partial charge >= 0.3 is 6.03 Å². The Balaban J connectivity index is 1.73. The summed E-state index contributed by atoms with van der Waals surface area (Å²) in [6.07, 6.45) is 0.169. The lowest BCUT2D eigenvalue weighted by Crippen LogP contribution is -2.52. The molecule has 1 fully saturated rings. The molecule has 0 aliphatic carbocycles. The Morgan fingerprint density at radius 2 is 1.82 bits per heavy atom. The fourth-order valence-electron chi connectivity index (χ4n) is 2.80. The fourth-order valence-corrected chi connectivity index (χ4v) is 2.80. The summed E-state index contributed by atoms with van der Waals surface area (Å²) >= 11 is 0. The Morgan fingerprint density at radius 1 is 1.23 bits per heavy atom. The Labute approximate surface area is 132 Å². The van der Waals surface area contributed by atoms with Crippen molar-refractivity contribution >= 4 is 6.03 Å². The smallest absolute Gasteiger partial charge is 0.317 e. The predicted octanol–water partition coefficient (Wildman–Crippen LogP) is 2.50. The van der Waals surface area contributed by atoms with Crippen molar-refractivity contribution in [2.75, 3.05) is 26.2 Å². The Kier molecular flexibility index (Phi) is 5.66. The van der Waals surface area contributed by atoms with E-state index in [9.17, 15) is 4.79 Å². The molecule has 2 rings (SSSR count). The van der Waals surface area contributed by atoms with Crippen molar-refractivity contribution in [1.29, 1.82) is 0 Å². The Hall–Kier alpha value is -1.75. The summed E-state index contributed by atoms with van der Waals surface area (Å²) in [4.78, 5) is 13.9. The van der Waals surface area contributed by atoms with Crippen molar-refractivity contribution < 1.29 is 14.3 Å². The molecule has 2 unspecified atom stereocenters. The van der Waals surface area contributed by atoms with E-state index in [-0.39, 0.29) is 18.2 Å². The van der Waals surface area contributed by atoms with Crippen LogP contribution in [0.15, 0.2) is 18.2 Å². The highest BCUT2D eigenvalue weighted by Gasteiger charge is 2.25. The number of amides is 2. The molecule has 1 saturated heterocycles. The summed E-state index contributed by atoms with van der Waals surface area (Å²) < 4.78 is 11.3. The first-order chi connectivity index (χ1) is 10.4. The highest BCUT2D eigenvalue weighted by Crippen LogP contribution is 2.16. The molecule has 2 amide bonds. The number of nitrogens with zero attached hydrogens (tertiary/aromatic N) is 1. The van der Waals surface area contributed by atoms with Crippen LogP contribution in [0.25, 0.3) is 0 Å². The molecule has 0 bridgehead atoms. The van der Waals surface area contributed by atoms with Crippen LogP contribution in [0.1, 0.15) is 25.0 Å². The van der Waals surface area contributed by atoms with Crippen LogP contribution in [0, 0.1) is 13.8 Å². The molecule has 2 atom stereocenters. The molecule has 22 heavy (non-hydrogen) atoms. The number of carbonyl (C=O) groups is 1. The van der Waals surface area contributed by atoms with E-state index in [1.54, 1.807) is 4.90 Å². The van der Waals surface area contributed by atoms with Gasteiger partial charge in [0.1, 0.15) is 12.4 Å². The normalized spacial score (nSPS) is 21.5. The van der Waals surface area contributed by atoms with Crippen LogP contribution in [0.4, 0.5) is 4.79 Å². The zero-order valence-electron chi connectivity index (χ0n) is 13.9. The third kappa shape index (κ3) is 4.91. The maximum absolute atomic E-state index is 12.1. The van der Waals surface area contributed by atoms with Gasteiger partial charge in [-0.15, -0.1) is 0 Å². The summed E-state index contributed by atoms with van der Waals surface area (Å²) in [6.45, 7) is 10.3. The third-order valence-electron chi connectivity index (χ3n) is 3.55. The molecule has 1 aromatic rings. The van der Waals surface area contributed by atoms with Crippen LogP contribution in [-0.2, 0) is 4.74 Å². The van der Waals surface area contributed by atoms with Crippen molar-refractivity contribution in [3.8, 4) is 5.75 Å². The molecule has 5 nitrogen and oxygen atoms in total. The number of morpholine rings is 1. The summed E-state index contributed by atoms with van der Waals surface area (Å²) in [6, 6.07) is 6.06. The van der Waals surface area contributed by atoms with E-state index in [0.29, 0.717) is 26.2 Å². The molecule has 0 radical (unpaired) electrons. The largest absolute Gasteiger partial charge is 0.492 e. The van der Waals surface area contributed by atoms with Crippen molar-refractivity contribution in [2.45, 2.75) is 39.9 Å². The van der Waals surface area contributed by atoms with Gasteiger partial charge in [-0.05, 0) is 51.0 Å². The van der Waals surface area contributed by atoms with Crippen molar-refractivity contribution in [2.24, 2.45) is 0 Å². The van der Waals surface area contributed by atoms with E-state index in [0.717, 1.165) is 5.75 Å². The number of urea groups is 1. The molecule has 1 aliphatic heterocycles. The number of nitrogens with one attached hydrogen (secondary N) is 1. The van der Waals surface area contributed by atoms with Crippen LogP contribution in [-0.4, -0.2) is 49.4 Å². The first-order valence-corrected chi connectivity index (χ1v) is 7.83. The second-order valence-corrected chi connectivity index (χ2v) is 6.07. The number of aryl methyl sites for hydroxylation is 2. The molecule has 0 spiro atoms. The first kappa shape index (κ1) is 16.6. The molecular weight excluding hydrogens is 280 g/mol. The number of benzene rings is 1. The predicted molar refractivity (Wildman–Crippen MR) is 86.4 cm³/mol. The van der Waals surface area contributed by atoms with Gasteiger partial charge in [-0.2, -0.15) is 0 Å². The van der Waals surface area contributed by atoms with Gasteiger partial charge in [-0.1, -0.05) is 6.07 Å². The number of ether oxygens (including phenoxy) is 2. The third-order valence-corrected chi connectivity index (χ3v) is 3.55. The van der Waals surface area contributed by atoms with Crippen molar-refractivity contribution in [1.82, 2.24) is 10.2 Å². The molecule has 0 aromatic heterocycles. The average molecular weight is 306 g/mol. The van der Waals surface area contributed by atoms with E-state index >= 15 is 0 Å². The number of hydrogen-bond acceptors (Lipinski definition) is 3. The van der Waals surface area contributed by atoms with Crippen LogP contribution in [0.3, 0.4) is 0 Å². The van der Waals surface area contributed by atoms with Gasteiger partial charge in [-0.25, -0.2) is 4.79 Å². The van der Waals surface area contributed by atoms with Crippen LogP contribution in [0.2, 0.25) is 0 Å². The quantitative estimate of drug-likeness (QED) is 0.870. The second kappa shape index (κ2) is 7.49. The van der Waals surface area contributed by atoms with Crippen LogP contribution in [0.5, 0.6) is 5.75 Å². The van der Waals surface area contributed by atoms with Gasteiger partial charge in [0.2, 0.25) is 0 Å². The molecule has 122 valence electrons. The Morgan fingerprint density at radius 3 is 2.41 bits per heavy atom. The van der Waals surface area contributed by atoms with E-state index in [2.05, 4.69) is 11.4 Å². The lowest BCUT2D eigenvalue weighted by molar-refractivity contribution is -0.0545. The molecule has 1 aliphatic rings. The average Bonchev–Trinajstić information content (AvgIpc) is 2.41. The molecular formula is C17H26N2O3. The fraction of sp³-hybridized carbons (Fsp3) is 0.588. The first-order valence-electron chi connectivity index (χ1n) is 7.83. The van der Waals surface area contributed by atoms with Crippen molar-refractivity contribution in [3.05, 3.63) is 29.3 Å². The van der Waals surface area contributed by atoms with Gasteiger partial charge in [0.25, 0.3) is 0 Å². The number of carbonyl (C=O) groups excluding carboxylic acids is 1. The summed E-state index contributed by atoms with van der Waals surface area (Å²) in [7, 11) is 0. The highest BCUT2D eigenvalue weighted by molar-refractivity contribution is 5.74. The van der Waals surface area contributed by atoms with E-state index in [1.165, 1.54) is 11.1 Å². The summed E-state index contributed by atoms with van der Waals surface area (Å²) in [5, 5.41) is 2.90. The highest BCUT2D eigenvalue weighted by atomic mass is 16.5. The maximum atomic E-state index is 12.1. The van der Waals surface area contributed by atoms with Gasteiger partial charge in [0, 0.05) is 13.1 Å². The SMILES string of the molecule is Cc1cc(C)cc(OCCNC(=O)N2CC(C)OC(C)C2)c1. The standard InChI is InChI=1S/C17H26N2O3/c1-12-7-13(2)9-16(8-12)21-6-5-18-17(20)19-10-14(3)22-15(4)11-19/h7-9,14-15H,5-6,10-11H2,1-4H3,(H,18,20). The van der Waals surface area contributed by atoms with Gasteiger partial charge < -0.3 is 19.7 Å². The van der Waals surface area contributed by atoms with Crippen molar-refractivity contribution in [3.63, 3.8) is 0 Å². The minimum absolute atomic E-state index is 0.0500. The molecule has 5 heteroatoms. The number of rotatable bonds is 4. The van der Waals surface area contributed by atoms with E-state index in [1.807, 2.05) is 39.8 Å². The minimum Gasteiger partial charge on any atom is -0.492 e. The van der Waals surface area contributed by atoms with Gasteiger partial charge in [0.05, 0.1) is 18.8 Å². The van der Waals surface area contributed by atoms with Gasteiger partial charge in [-0.3, -0.25) is 0 Å². The second-order valence-electron chi connectivity index (χ2n) is 6.07. The van der Waals surface area contributed by atoms with Crippen LogP contribution < -0.4 is 10.1 Å². The molecule has 1 heterocycles. The maximum Gasteiger partial charge on any atom is 0.317 e. The van der Waals surface area contributed by atoms with Crippen LogP contribution >= 0.6 is 0 Å². The van der Waals surface area contributed by atoms with E-state index in [4.69, 9.17) is 9.47 Å².